The Morgan fingerprint density at radius 1 is 1.20 bits per heavy atom. The number of nitrogens with two attached hydrogens (primary N) is 1. The van der Waals surface area contributed by atoms with Crippen LogP contribution in [0.3, 0.4) is 0 Å². The molecule has 2 N–H and O–H groups in total. The maximum Gasteiger partial charge on any atom is 0.239 e. The summed E-state index contributed by atoms with van der Waals surface area (Å²) in [5.74, 6) is 0.319. The SMILES string of the molecule is CC(=O)N(C1CC1)C1CCCN(C(=O)[C@@H](N)C(C)C)C1. The smallest absolute Gasteiger partial charge is 0.239 e. The lowest BCUT2D eigenvalue weighted by Gasteiger charge is -2.40. The average molecular weight is 281 g/mol. The van der Waals surface area contributed by atoms with Gasteiger partial charge in [-0.15, -0.1) is 0 Å². The van der Waals surface area contributed by atoms with Crippen LogP contribution < -0.4 is 5.73 Å². The van der Waals surface area contributed by atoms with Crippen LogP contribution >= 0.6 is 0 Å². The summed E-state index contributed by atoms with van der Waals surface area (Å²) in [7, 11) is 0. The minimum atomic E-state index is -0.430. The fraction of sp³-hybridized carbons (Fsp3) is 0.867. The summed E-state index contributed by atoms with van der Waals surface area (Å²) in [6, 6.07) is 0.156. The molecule has 1 unspecified atom stereocenters. The van der Waals surface area contributed by atoms with Crippen molar-refractivity contribution in [2.24, 2.45) is 11.7 Å². The van der Waals surface area contributed by atoms with Gasteiger partial charge in [-0.05, 0) is 31.6 Å². The highest BCUT2D eigenvalue weighted by Crippen LogP contribution is 2.31. The quantitative estimate of drug-likeness (QED) is 0.835. The molecule has 0 radical (unpaired) electrons. The average Bonchev–Trinajstić information content (AvgIpc) is 3.21. The monoisotopic (exact) mass is 281 g/mol. The van der Waals surface area contributed by atoms with Crippen molar-refractivity contribution in [3.05, 3.63) is 0 Å². The van der Waals surface area contributed by atoms with Crippen molar-refractivity contribution in [1.82, 2.24) is 9.80 Å². The van der Waals surface area contributed by atoms with Gasteiger partial charge in [0.15, 0.2) is 0 Å². The van der Waals surface area contributed by atoms with Gasteiger partial charge in [0.25, 0.3) is 0 Å². The third-order valence-electron chi connectivity index (χ3n) is 4.41. The fourth-order valence-electron chi connectivity index (χ4n) is 3.04. The molecule has 2 rings (SSSR count). The van der Waals surface area contributed by atoms with Gasteiger partial charge < -0.3 is 15.5 Å². The van der Waals surface area contributed by atoms with Crippen LogP contribution in [0.15, 0.2) is 0 Å². The van der Waals surface area contributed by atoms with E-state index in [2.05, 4.69) is 0 Å². The lowest BCUT2D eigenvalue weighted by molar-refractivity contribution is -0.140. The Labute approximate surface area is 121 Å². The first-order chi connectivity index (χ1) is 9.41. The highest BCUT2D eigenvalue weighted by molar-refractivity contribution is 5.82. The standard InChI is InChI=1S/C15H27N3O2/c1-10(2)14(16)15(20)17-8-4-5-13(9-17)18(11(3)19)12-6-7-12/h10,12-14H,4-9,16H2,1-3H3/t13?,14-/m0/s1. The molecule has 1 aliphatic carbocycles. The number of amides is 2. The lowest BCUT2D eigenvalue weighted by atomic mass is 9.99. The van der Waals surface area contributed by atoms with E-state index in [-0.39, 0.29) is 23.8 Å². The van der Waals surface area contributed by atoms with Crippen LogP contribution in [0.2, 0.25) is 0 Å². The molecule has 0 aromatic heterocycles. The molecule has 0 bridgehead atoms. The largest absolute Gasteiger partial charge is 0.339 e. The Bertz CT molecular complexity index is 379. The number of piperidine rings is 1. The molecule has 1 aliphatic heterocycles. The van der Waals surface area contributed by atoms with Gasteiger partial charge in [0, 0.05) is 32.1 Å². The Kier molecular flexibility index (Phi) is 4.68. The van der Waals surface area contributed by atoms with E-state index in [0.717, 1.165) is 32.2 Å². The summed E-state index contributed by atoms with van der Waals surface area (Å²) in [5, 5.41) is 0. The second-order valence-corrected chi connectivity index (χ2v) is 6.51. The molecule has 5 heteroatoms. The third-order valence-corrected chi connectivity index (χ3v) is 4.41. The minimum absolute atomic E-state index is 0.0315. The van der Waals surface area contributed by atoms with Crippen LogP contribution in [0, 0.1) is 5.92 Å². The van der Waals surface area contributed by atoms with E-state index in [1.54, 1.807) is 6.92 Å². The van der Waals surface area contributed by atoms with E-state index in [1.165, 1.54) is 0 Å². The number of hydrogen-bond acceptors (Lipinski definition) is 3. The molecule has 20 heavy (non-hydrogen) atoms. The molecule has 0 spiro atoms. The summed E-state index contributed by atoms with van der Waals surface area (Å²) in [5.41, 5.74) is 5.97. The summed E-state index contributed by atoms with van der Waals surface area (Å²) in [4.78, 5) is 28.1. The van der Waals surface area contributed by atoms with E-state index in [0.29, 0.717) is 12.6 Å². The number of likely N-dealkylation sites (tertiary alicyclic amines) is 1. The van der Waals surface area contributed by atoms with Crippen molar-refractivity contribution < 1.29 is 9.59 Å². The van der Waals surface area contributed by atoms with Crippen LogP contribution in [0.4, 0.5) is 0 Å². The molecule has 2 amide bonds. The molecule has 5 nitrogen and oxygen atoms in total. The molecule has 0 aromatic rings. The van der Waals surface area contributed by atoms with Gasteiger partial charge in [0.05, 0.1) is 6.04 Å². The molecule has 114 valence electrons. The highest BCUT2D eigenvalue weighted by Gasteiger charge is 2.38. The lowest BCUT2D eigenvalue weighted by Crippen LogP contribution is -2.55. The summed E-state index contributed by atoms with van der Waals surface area (Å²) in [6.07, 6.45) is 4.17. The molecule has 2 atom stereocenters. The number of hydrogen-bond donors (Lipinski definition) is 1. The van der Waals surface area contributed by atoms with Crippen LogP contribution in [0.25, 0.3) is 0 Å². The molecule has 2 fully saturated rings. The number of nitrogens with zero attached hydrogens (tertiary/aromatic N) is 2. The van der Waals surface area contributed by atoms with Crippen molar-refractivity contribution in [2.75, 3.05) is 13.1 Å². The normalized spacial score (nSPS) is 24.6. The minimum Gasteiger partial charge on any atom is -0.339 e. The van der Waals surface area contributed by atoms with Crippen LogP contribution in [-0.4, -0.2) is 52.8 Å². The molecular formula is C15H27N3O2. The Morgan fingerprint density at radius 2 is 1.85 bits per heavy atom. The van der Waals surface area contributed by atoms with Crippen molar-refractivity contribution >= 4 is 11.8 Å². The van der Waals surface area contributed by atoms with Gasteiger partial charge in [-0.3, -0.25) is 9.59 Å². The van der Waals surface area contributed by atoms with Gasteiger partial charge in [-0.25, -0.2) is 0 Å². The predicted octanol–water partition coefficient (Wildman–Crippen LogP) is 0.972. The fourth-order valence-corrected chi connectivity index (χ4v) is 3.04. The van der Waals surface area contributed by atoms with E-state index in [1.807, 2.05) is 23.6 Å². The second kappa shape index (κ2) is 6.12. The number of carbonyl (C=O) groups is 2. The van der Waals surface area contributed by atoms with Crippen molar-refractivity contribution in [2.45, 2.75) is 64.6 Å². The molecule has 1 saturated carbocycles. The Morgan fingerprint density at radius 3 is 2.35 bits per heavy atom. The van der Waals surface area contributed by atoms with Crippen LogP contribution in [0.5, 0.6) is 0 Å². The summed E-state index contributed by atoms with van der Waals surface area (Å²) in [6.45, 7) is 6.99. The van der Waals surface area contributed by atoms with Crippen molar-refractivity contribution in [3.8, 4) is 0 Å². The predicted molar refractivity (Wildman–Crippen MR) is 78.0 cm³/mol. The first-order valence-electron chi connectivity index (χ1n) is 7.75. The molecule has 1 saturated heterocycles. The van der Waals surface area contributed by atoms with Crippen molar-refractivity contribution in [3.63, 3.8) is 0 Å². The molecule has 1 heterocycles. The molecule has 0 aromatic carbocycles. The topological polar surface area (TPSA) is 66.6 Å². The van der Waals surface area contributed by atoms with Crippen LogP contribution in [-0.2, 0) is 9.59 Å². The zero-order chi connectivity index (χ0) is 14.9. The maximum atomic E-state index is 12.4. The van der Waals surface area contributed by atoms with E-state index < -0.39 is 6.04 Å². The number of carbonyl (C=O) groups excluding carboxylic acids is 2. The van der Waals surface area contributed by atoms with E-state index in [9.17, 15) is 9.59 Å². The van der Waals surface area contributed by atoms with Gasteiger partial charge in [0.1, 0.15) is 0 Å². The zero-order valence-electron chi connectivity index (χ0n) is 12.8. The maximum absolute atomic E-state index is 12.4. The third kappa shape index (κ3) is 3.32. The first-order valence-corrected chi connectivity index (χ1v) is 7.75. The molecular weight excluding hydrogens is 254 g/mol. The van der Waals surface area contributed by atoms with Gasteiger partial charge >= 0.3 is 0 Å². The van der Waals surface area contributed by atoms with Crippen molar-refractivity contribution in [1.29, 1.82) is 0 Å². The van der Waals surface area contributed by atoms with Gasteiger partial charge in [0.2, 0.25) is 11.8 Å². The van der Waals surface area contributed by atoms with Gasteiger partial charge in [-0.1, -0.05) is 13.8 Å². The summed E-state index contributed by atoms with van der Waals surface area (Å²) < 4.78 is 0. The second-order valence-electron chi connectivity index (χ2n) is 6.51. The van der Waals surface area contributed by atoms with E-state index in [4.69, 9.17) is 5.73 Å². The zero-order valence-corrected chi connectivity index (χ0v) is 12.8. The first kappa shape index (κ1) is 15.3. The van der Waals surface area contributed by atoms with E-state index >= 15 is 0 Å². The Hall–Kier alpha value is -1.10. The Balaban J connectivity index is 2.00. The molecule has 2 aliphatic rings. The summed E-state index contributed by atoms with van der Waals surface area (Å²) >= 11 is 0. The van der Waals surface area contributed by atoms with Crippen LogP contribution in [0.1, 0.15) is 46.5 Å². The highest BCUT2D eigenvalue weighted by atomic mass is 16.2. The van der Waals surface area contributed by atoms with Gasteiger partial charge in [-0.2, -0.15) is 0 Å². The number of rotatable bonds is 4.